The van der Waals surface area contributed by atoms with E-state index in [0.717, 1.165) is 30.7 Å². The zero-order valence-electron chi connectivity index (χ0n) is 12.9. The molecule has 1 saturated heterocycles. The van der Waals surface area contributed by atoms with Crippen molar-refractivity contribution in [3.63, 3.8) is 0 Å². The zero-order valence-corrected chi connectivity index (χ0v) is 12.9. The number of aromatic nitrogens is 3. The van der Waals surface area contributed by atoms with Crippen molar-refractivity contribution < 1.29 is 9.53 Å². The summed E-state index contributed by atoms with van der Waals surface area (Å²) in [6, 6.07) is 9.71. The first kappa shape index (κ1) is 14.4. The summed E-state index contributed by atoms with van der Waals surface area (Å²) >= 11 is 0. The molecule has 1 saturated carbocycles. The summed E-state index contributed by atoms with van der Waals surface area (Å²) < 4.78 is 5.87. The average molecular weight is 312 g/mol. The second-order valence-electron chi connectivity index (χ2n) is 6.24. The summed E-state index contributed by atoms with van der Waals surface area (Å²) in [6.07, 6.45) is 3.91. The van der Waals surface area contributed by atoms with E-state index in [1.807, 2.05) is 30.3 Å². The Hall–Kier alpha value is -2.21. The highest BCUT2D eigenvalue weighted by atomic mass is 16.5. The Kier molecular flexibility index (Phi) is 3.61. The van der Waals surface area contributed by atoms with Crippen LogP contribution in [0.1, 0.15) is 48.8 Å². The Balaban J connectivity index is 1.47. The summed E-state index contributed by atoms with van der Waals surface area (Å²) in [5, 5.41) is 10.1. The molecule has 1 unspecified atom stereocenters. The van der Waals surface area contributed by atoms with Crippen LogP contribution in [0.2, 0.25) is 0 Å². The molecular formula is C17H20N4O2. The van der Waals surface area contributed by atoms with Gasteiger partial charge in [-0.1, -0.05) is 30.3 Å². The largest absolute Gasteiger partial charge is 0.360 e. The first-order valence-corrected chi connectivity index (χ1v) is 8.17. The molecule has 0 spiro atoms. The van der Waals surface area contributed by atoms with Crippen molar-refractivity contribution in [2.24, 2.45) is 0 Å². The second-order valence-corrected chi connectivity index (χ2v) is 6.24. The Morgan fingerprint density at radius 2 is 2.17 bits per heavy atom. The Morgan fingerprint density at radius 3 is 2.87 bits per heavy atom. The van der Waals surface area contributed by atoms with Crippen LogP contribution < -0.4 is 5.32 Å². The SMILES string of the molecule is O=C(NCc1nc(C2CC2)n[nH]1)C1(c2ccccc2)CCCO1. The van der Waals surface area contributed by atoms with Gasteiger partial charge >= 0.3 is 0 Å². The predicted molar refractivity (Wildman–Crippen MR) is 83.5 cm³/mol. The average Bonchev–Trinajstić information content (AvgIpc) is 3.14. The molecule has 120 valence electrons. The van der Waals surface area contributed by atoms with Gasteiger partial charge in [0.15, 0.2) is 11.4 Å². The van der Waals surface area contributed by atoms with Crippen LogP contribution in [0.3, 0.4) is 0 Å². The van der Waals surface area contributed by atoms with E-state index in [1.165, 1.54) is 0 Å². The van der Waals surface area contributed by atoms with Gasteiger partial charge in [0.1, 0.15) is 5.82 Å². The molecule has 2 aromatic rings. The van der Waals surface area contributed by atoms with Gasteiger partial charge in [0, 0.05) is 12.5 Å². The number of nitrogens with one attached hydrogen (secondary N) is 2. The van der Waals surface area contributed by atoms with Crippen LogP contribution in [0.5, 0.6) is 0 Å². The molecular weight excluding hydrogens is 292 g/mol. The van der Waals surface area contributed by atoms with E-state index < -0.39 is 5.60 Å². The number of benzene rings is 1. The van der Waals surface area contributed by atoms with E-state index in [9.17, 15) is 4.79 Å². The lowest BCUT2D eigenvalue weighted by Gasteiger charge is -2.27. The first-order chi connectivity index (χ1) is 11.3. The van der Waals surface area contributed by atoms with Crippen LogP contribution in [-0.2, 0) is 21.7 Å². The van der Waals surface area contributed by atoms with Gasteiger partial charge in [0.2, 0.25) is 0 Å². The molecule has 1 aliphatic carbocycles. The summed E-state index contributed by atoms with van der Waals surface area (Å²) in [6.45, 7) is 0.951. The number of hydrogen-bond donors (Lipinski definition) is 2. The molecule has 1 atom stereocenters. The van der Waals surface area contributed by atoms with Gasteiger partial charge in [-0.2, -0.15) is 5.10 Å². The standard InChI is InChI=1S/C17H20N4O2/c22-16(18-11-14-19-15(21-20-14)12-7-8-12)17(9-4-10-23-17)13-5-2-1-3-6-13/h1-3,5-6,12H,4,7-11H2,(H,18,22)(H,19,20,21). The maximum Gasteiger partial charge on any atom is 0.257 e. The molecule has 4 rings (SSSR count). The third-order valence-corrected chi connectivity index (χ3v) is 4.54. The third kappa shape index (κ3) is 2.74. The normalized spacial score (nSPS) is 23.8. The predicted octanol–water partition coefficient (Wildman–Crippen LogP) is 2.00. The number of aromatic amines is 1. The number of carbonyl (C=O) groups excluding carboxylic acids is 1. The van der Waals surface area contributed by atoms with Crippen LogP contribution in [0.25, 0.3) is 0 Å². The lowest BCUT2D eigenvalue weighted by Crippen LogP contribution is -2.43. The first-order valence-electron chi connectivity index (χ1n) is 8.17. The lowest BCUT2D eigenvalue weighted by atomic mass is 9.90. The van der Waals surface area contributed by atoms with Crippen molar-refractivity contribution >= 4 is 5.91 Å². The minimum absolute atomic E-state index is 0.106. The fraction of sp³-hybridized carbons (Fsp3) is 0.471. The van der Waals surface area contributed by atoms with Gasteiger partial charge in [0.25, 0.3) is 5.91 Å². The number of nitrogens with zero attached hydrogens (tertiary/aromatic N) is 2. The van der Waals surface area contributed by atoms with Gasteiger partial charge in [-0.3, -0.25) is 9.89 Å². The van der Waals surface area contributed by atoms with E-state index in [-0.39, 0.29) is 5.91 Å². The topological polar surface area (TPSA) is 79.9 Å². The summed E-state index contributed by atoms with van der Waals surface area (Å²) in [7, 11) is 0. The fourth-order valence-electron chi connectivity index (χ4n) is 3.10. The van der Waals surface area contributed by atoms with Crippen molar-refractivity contribution in [2.45, 2.75) is 43.7 Å². The fourth-order valence-corrected chi connectivity index (χ4v) is 3.10. The van der Waals surface area contributed by atoms with Gasteiger partial charge in [-0.15, -0.1) is 0 Å². The van der Waals surface area contributed by atoms with Crippen LogP contribution in [0, 0.1) is 0 Å². The monoisotopic (exact) mass is 312 g/mol. The van der Waals surface area contributed by atoms with Crippen molar-refractivity contribution in [1.82, 2.24) is 20.5 Å². The highest BCUT2D eigenvalue weighted by Gasteiger charge is 2.44. The zero-order chi connectivity index (χ0) is 15.7. The highest BCUT2D eigenvalue weighted by Crippen LogP contribution is 2.38. The summed E-state index contributed by atoms with van der Waals surface area (Å²) in [4.78, 5) is 17.2. The Labute approximate surface area is 134 Å². The van der Waals surface area contributed by atoms with E-state index in [4.69, 9.17) is 4.74 Å². The smallest absolute Gasteiger partial charge is 0.257 e. The maximum atomic E-state index is 12.8. The summed E-state index contributed by atoms with van der Waals surface area (Å²) in [5.41, 5.74) is 0.0342. The molecule has 23 heavy (non-hydrogen) atoms. The molecule has 1 aromatic carbocycles. The summed E-state index contributed by atoms with van der Waals surface area (Å²) in [5.74, 6) is 1.96. The minimum Gasteiger partial charge on any atom is -0.360 e. The van der Waals surface area contributed by atoms with Crippen LogP contribution in [0.15, 0.2) is 30.3 Å². The molecule has 2 aliphatic rings. The molecule has 1 amide bonds. The number of hydrogen-bond acceptors (Lipinski definition) is 4. The number of rotatable bonds is 5. The maximum absolute atomic E-state index is 12.8. The Morgan fingerprint density at radius 1 is 1.35 bits per heavy atom. The molecule has 0 radical (unpaired) electrons. The van der Waals surface area contributed by atoms with Crippen LogP contribution in [-0.4, -0.2) is 27.7 Å². The molecule has 1 aromatic heterocycles. The van der Waals surface area contributed by atoms with E-state index >= 15 is 0 Å². The van der Waals surface area contributed by atoms with Crippen molar-refractivity contribution in [2.75, 3.05) is 6.61 Å². The third-order valence-electron chi connectivity index (χ3n) is 4.54. The molecule has 6 nitrogen and oxygen atoms in total. The molecule has 2 heterocycles. The lowest BCUT2D eigenvalue weighted by molar-refractivity contribution is -0.142. The van der Waals surface area contributed by atoms with Crippen molar-refractivity contribution in [3.8, 4) is 0 Å². The van der Waals surface area contributed by atoms with Crippen molar-refractivity contribution in [1.29, 1.82) is 0 Å². The minimum atomic E-state index is -0.874. The highest BCUT2D eigenvalue weighted by molar-refractivity contribution is 5.86. The van der Waals surface area contributed by atoms with Gasteiger partial charge in [-0.05, 0) is 31.2 Å². The number of carbonyl (C=O) groups is 1. The quantitative estimate of drug-likeness (QED) is 0.885. The molecule has 6 heteroatoms. The molecule has 2 N–H and O–H groups in total. The Bertz CT molecular complexity index is 688. The molecule has 2 fully saturated rings. The number of H-pyrrole nitrogens is 1. The molecule has 0 bridgehead atoms. The molecule has 1 aliphatic heterocycles. The van der Waals surface area contributed by atoms with Gasteiger partial charge < -0.3 is 10.1 Å². The van der Waals surface area contributed by atoms with Crippen LogP contribution in [0.4, 0.5) is 0 Å². The van der Waals surface area contributed by atoms with E-state index in [0.29, 0.717) is 31.3 Å². The van der Waals surface area contributed by atoms with E-state index in [2.05, 4.69) is 20.5 Å². The number of amides is 1. The van der Waals surface area contributed by atoms with Gasteiger partial charge in [0.05, 0.1) is 6.54 Å². The van der Waals surface area contributed by atoms with Crippen LogP contribution >= 0.6 is 0 Å². The van der Waals surface area contributed by atoms with Gasteiger partial charge in [-0.25, -0.2) is 4.98 Å². The van der Waals surface area contributed by atoms with E-state index in [1.54, 1.807) is 0 Å². The number of ether oxygens (including phenoxy) is 1. The van der Waals surface area contributed by atoms with Crippen molar-refractivity contribution in [3.05, 3.63) is 47.5 Å². The second kappa shape index (κ2) is 5.77.